The minimum atomic E-state index is -0.667. The van der Waals surface area contributed by atoms with Gasteiger partial charge in [-0.05, 0) is 35.3 Å². The highest BCUT2D eigenvalue weighted by Crippen LogP contribution is 2.64. The SMILES string of the molecule is C=CC1=CC(O)C[C]2C(C)(C)[C@H]3O[C@@]2(C[C@@H]3OCc2ccccc2)[C@H]1OCc1ccc(OC)cc1. The van der Waals surface area contributed by atoms with Crippen LogP contribution in [0.4, 0.5) is 0 Å². The quantitative estimate of drug-likeness (QED) is 0.570. The predicted octanol–water partition coefficient (Wildman–Crippen LogP) is 5.18. The Hall–Kier alpha value is -2.44. The van der Waals surface area contributed by atoms with Crippen LogP contribution in [0.25, 0.3) is 0 Å². The van der Waals surface area contributed by atoms with Crippen LogP contribution >= 0.6 is 0 Å². The first-order valence-electron chi connectivity index (χ1n) is 12.3. The molecule has 0 aromatic heterocycles. The first-order chi connectivity index (χ1) is 16.9. The molecule has 2 aliphatic heterocycles. The van der Waals surface area contributed by atoms with Gasteiger partial charge in [-0.15, -0.1) is 0 Å². The number of fused-ring (bicyclic) bond motifs is 1. The smallest absolute Gasteiger partial charge is 0.118 e. The summed E-state index contributed by atoms with van der Waals surface area (Å²) in [4.78, 5) is 0. The van der Waals surface area contributed by atoms with Gasteiger partial charge >= 0.3 is 0 Å². The van der Waals surface area contributed by atoms with E-state index >= 15 is 0 Å². The van der Waals surface area contributed by atoms with E-state index in [4.69, 9.17) is 18.9 Å². The second-order valence-corrected chi connectivity index (χ2v) is 10.3. The van der Waals surface area contributed by atoms with Crippen molar-refractivity contribution in [2.24, 2.45) is 5.41 Å². The molecular formula is C30H35O5. The fourth-order valence-corrected chi connectivity index (χ4v) is 6.12. The maximum absolute atomic E-state index is 10.9. The van der Waals surface area contributed by atoms with Crippen molar-refractivity contribution >= 4 is 0 Å². The van der Waals surface area contributed by atoms with E-state index in [0.29, 0.717) is 26.1 Å². The molecule has 2 fully saturated rings. The molecule has 1 N–H and O–H groups in total. The first-order valence-corrected chi connectivity index (χ1v) is 12.3. The summed E-state index contributed by atoms with van der Waals surface area (Å²) in [7, 11) is 1.66. The van der Waals surface area contributed by atoms with Crippen molar-refractivity contribution in [2.75, 3.05) is 7.11 Å². The van der Waals surface area contributed by atoms with Crippen LogP contribution in [0.3, 0.4) is 0 Å². The molecule has 35 heavy (non-hydrogen) atoms. The fraction of sp³-hybridized carbons (Fsp3) is 0.433. The van der Waals surface area contributed by atoms with Crippen LogP contribution in [0.1, 0.15) is 37.8 Å². The van der Waals surface area contributed by atoms with Crippen LogP contribution in [0.2, 0.25) is 0 Å². The van der Waals surface area contributed by atoms with Crippen molar-refractivity contribution in [3.8, 4) is 5.75 Å². The number of aliphatic hydroxyl groups excluding tert-OH is 1. The van der Waals surface area contributed by atoms with Gasteiger partial charge in [-0.1, -0.05) is 75.0 Å². The summed E-state index contributed by atoms with van der Waals surface area (Å²) in [5, 5.41) is 10.9. The molecule has 5 atom stereocenters. The zero-order valence-corrected chi connectivity index (χ0v) is 20.8. The molecule has 0 saturated carbocycles. The average molecular weight is 476 g/mol. The van der Waals surface area contributed by atoms with Gasteiger partial charge < -0.3 is 24.1 Å². The molecule has 5 heteroatoms. The summed E-state index contributed by atoms with van der Waals surface area (Å²) < 4.78 is 25.2. The van der Waals surface area contributed by atoms with Gasteiger partial charge in [-0.2, -0.15) is 0 Å². The summed E-state index contributed by atoms with van der Waals surface area (Å²) in [6.45, 7) is 9.41. The third kappa shape index (κ3) is 4.36. The van der Waals surface area contributed by atoms with E-state index in [1.807, 2.05) is 48.5 Å². The molecule has 3 aliphatic rings. The highest BCUT2D eigenvalue weighted by atomic mass is 16.6. The first kappa shape index (κ1) is 24.3. The topological polar surface area (TPSA) is 57.2 Å². The van der Waals surface area contributed by atoms with E-state index in [0.717, 1.165) is 22.4 Å². The van der Waals surface area contributed by atoms with Gasteiger partial charge in [-0.25, -0.2) is 0 Å². The Bertz CT molecular complexity index is 1060. The maximum atomic E-state index is 10.9. The minimum Gasteiger partial charge on any atom is -0.497 e. The molecule has 1 aliphatic carbocycles. The monoisotopic (exact) mass is 475 g/mol. The third-order valence-electron chi connectivity index (χ3n) is 7.82. The highest BCUT2D eigenvalue weighted by molar-refractivity contribution is 5.42. The third-order valence-corrected chi connectivity index (χ3v) is 7.82. The number of benzene rings is 2. The number of hydrogen-bond acceptors (Lipinski definition) is 5. The van der Waals surface area contributed by atoms with Crippen molar-refractivity contribution < 1.29 is 24.1 Å². The number of methoxy groups -OCH3 is 1. The Morgan fingerprint density at radius 3 is 2.40 bits per heavy atom. The number of hydrogen-bond donors (Lipinski definition) is 1. The van der Waals surface area contributed by atoms with Gasteiger partial charge in [0.2, 0.25) is 0 Å². The molecule has 1 spiro atoms. The number of rotatable bonds is 8. The van der Waals surface area contributed by atoms with E-state index in [1.165, 1.54) is 5.92 Å². The lowest BCUT2D eigenvalue weighted by atomic mass is 9.59. The second-order valence-electron chi connectivity index (χ2n) is 10.3. The molecule has 5 nitrogen and oxygen atoms in total. The Morgan fingerprint density at radius 1 is 1.03 bits per heavy atom. The molecule has 5 rings (SSSR count). The minimum absolute atomic E-state index is 0.0673. The van der Waals surface area contributed by atoms with Crippen LogP contribution in [0, 0.1) is 11.3 Å². The summed E-state index contributed by atoms with van der Waals surface area (Å²) in [5.41, 5.74) is 2.12. The lowest BCUT2D eigenvalue weighted by Gasteiger charge is -2.45. The van der Waals surface area contributed by atoms with E-state index in [-0.39, 0.29) is 23.7 Å². The lowest BCUT2D eigenvalue weighted by Crippen LogP contribution is -2.53. The lowest BCUT2D eigenvalue weighted by molar-refractivity contribution is -0.0956. The molecule has 0 amide bonds. The normalized spacial score (nSPS) is 31.5. The molecule has 2 bridgehead atoms. The largest absolute Gasteiger partial charge is 0.497 e. The van der Waals surface area contributed by atoms with Crippen molar-refractivity contribution in [1.29, 1.82) is 0 Å². The standard InChI is InChI=1S/C30H35O5/c1-5-22-15-23(31)16-26-29(2,3)28-25(33-18-20-9-7-6-8-10-20)17-30(26,35-28)27(22)34-19-21-11-13-24(32-4)14-12-21/h5-15,23,25,27-28,31H,1,16-19H2,2-4H3/t23?,25-,27-,28-,30+/m0/s1. The van der Waals surface area contributed by atoms with Gasteiger partial charge in [-0.3, -0.25) is 0 Å². The molecule has 1 unspecified atom stereocenters. The van der Waals surface area contributed by atoms with Gasteiger partial charge in [0.1, 0.15) is 17.5 Å². The van der Waals surface area contributed by atoms with Gasteiger partial charge in [0, 0.05) is 17.8 Å². The van der Waals surface area contributed by atoms with Gasteiger partial charge in [0.25, 0.3) is 0 Å². The van der Waals surface area contributed by atoms with Gasteiger partial charge in [0.15, 0.2) is 0 Å². The van der Waals surface area contributed by atoms with Crippen LogP contribution in [0.5, 0.6) is 5.75 Å². The zero-order chi connectivity index (χ0) is 24.6. The van der Waals surface area contributed by atoms with Gasteiger partial charge in [0.05, 0.1) is 38.6 Å². The van der Waals surface area contributed by atoms with E-state index in [1.54, 1.807) is 13.2 Å². The van der Waals surface area contributed by atoms with Crippen molar-refractivity contribution in [3.05, 3.63) is 95.9 Å². The zero-order valence-electron chi connectivity index (χ0n) is 20.8. The van der Waals surface area contributed by atoms with Crippen LogP contribution in [-0.2, 0) is 27.4 Å². The Labute approximate surface area is 208 Å². The Balaban J connectivity index is 1.43. The second kappa shape index (κ2) is 9.55. The summed E-state index contributed by atoms with van der Waals surface area (Å²) >= 11 is 0. The van der Waals surface area contributed by atoms with E-state index < -0.39 is 11.7 Å². The molecule has 2 aromatic rings. The number of aliphatic hydroxyl groups is 1. The van der Waals surface area contributed by atoms with Crippen molar-refractivity contribution in [2.45, 2.75) is 69.9 Å². The molecule has 2 saturated heterocycles. The molecule has 1 radical (unpaired) electrons. The fourth-order valence-electron chi connectivity index (χ4n) is 6.12. The summed E-state index contributed by atoms with van der Waals surface area (Å²) in [6, 6.07) is 18.1. The van der Waals surface area contributed by atoms with E-state index in [9.17, 15) is 5.11 Å². The highest BCUT2D eigenvalue weighted by Gasteiger charge is 2.71. The van der Waals surface area contributed by atoms with Crippen LogP contribution < -0.4 is 4.74 Å². The van der Waals surface area contributed by atoms with Crippen LogP contribution in [-0.4, -0.2) is 42.2 Å². The molecule has 185 valence electrons. The predicted molar refractivity (Wildman–Crippen MR) is 135 cm³/mol. The Morgan fingerprint density at radius 2 is 1.71 bits per heavy atom. The average Bonchev–Trinajstić information content (AvgIpc) is 3.31. The maximum Gasteiger partial charge on any atom is 0.118 e. The van der Waals surface area contributed by atoms with E-state index in [2.05, 4.69) is 32.6 Å². The molecule has 2 aromatic carbocycles. The number of ether oxygens (including phenoxy) is 4. The summed E-state index contributed by atoms with van der Waals surface area (Å²) in [6.07, 6.45) is 3.74. The van der Waals surface area contributed by atoms with Crippen LogP contribution in [0.15, 0.2) is 78.9 Å². The molecular weight excluding hydrogens is 440 g/mol. The van der Waals surface area contributed by atoms with Crippen molar-refractivity contribution in [1.82, 2.24) is 0 Å². The van der Waals surface area contributed by atoms with Crippen molar-refractivity contribution in [3.63, 3.8) is 0 Å². The Kier molecular flexibility index (Phi) is 6.62. The summed E-state index contributed by atoms with van der Waals surface area (Å²) in [5.74, 6) is 2.01. The molecule has 2 heterocycles.